The van der Waals surface area contributed by atoms with Gasteiger partial charge in [-0.15, -0.1) is 11.3 Å². The van der Waals surface area contributed by atoms with Crippen LogP contribution in [0.5, 0.6) is 0 Å². The summed E-state index contributed by atoms with van der Waals surface area (Å²) in [7, 11) is 2.14. The number of thiazole rings is 1. The standard InChI is InChI=1S/C28H29N7O2S/c1-3-18-15-30-19(16-29-18)17-31-27(37)24-25(36)20-9-10-23(34-12-6-11-33(2)13-14-34)32-26(20)35-21-7-4-5-8-22(21)38-28(24)35/h4-5,7-10,15-16H,3,6,11-14,17H2,1-2H3,(H,31,37). The third-order valence-corrected chi connectivity index (χ3v) is 8.24. The fourth-order valence-corrected chi connectivity index (χ4v) is 6.13. The van der Waals surface area contributed by atoms with Gasteiger partial charge in [-0.1, -0.05) is 19.1 Å². The van der Waals surface area contributed by atoms with Gasteiger partial charge in [0.25, 0.3) is 5.91 Å². The molecule has 38 heavy (non-hydrogen) atoms. The number of aromatic nitrogens is 4. The minimum Gasteiger partial charge on any atom is -0.355 e. The molecule has 194 valence electrons. The zero-order valence-electron chi connectivity index (χ0n) is 21.5. The van der Waals surface area contributed by atoms with E-state index in [0.29, 0.717) is 21.6 Å². The monoisotopic (exact) mass is 527 g/mol. The van der Waals surface area contributed by atoms with Crippen LogP contribution in [-0.4, -0.2) is 63.4 Å². The molecule has 1 N–H and O–H groups in total. The molecule has 0 aliphatic carbocycles. The number of para-hydroxylation sites is 1. The van der Waals surface area contributed by atoms with E-state index in [2.05, 4.69) is 32.1 Å². The molecule has 1 fully saturated rings. The van der Waals surface area contributed by atoms with Gasteiger partial charge >= 0.3 is 0 Å². The summed E-state index contributed by atoms with van der Waals surface area (Å²) in [5, 5.41) is 3.32. The lowest BCUT2D eigenvalue weighted by Crippen LogP contribution is -2.31. The number of benzene rings is 1. The van der Waals surface area contributed by atoms with Crippen molar-refractivity contribution in [2.45, 2.75) is 26.3 Å². The number of carbonyl (C=O) groups is 1. The topological polar surface area (TPSA) is 95.7 Å². The van der Waals surface area contributed by atoms with Crippen molar-refractivity contribution in [2.24, 2.45) is 0 Å². The van der Waals surface area contributed by atoms with Crippen LogP contribution in [0, 0.1) is 0 Å². The van der Waals surface area contributed by atoms with Crippen LogP contribution in [0.25, 0.3) is 26.1 Å². The highest BCUT2D eigenvalue weighted by Gasteiger charge is 2.24. The first-order valence-corrected chi connectivity index (χ1v) is 13.7. The molecule has 4 aromatic heterocycles. The lowest BCUT2D eigenvalue weighted by molar-refractivity contribution is 0.0951. The van der Waals surface area contributed by atoms with Crippen molar-refractivity contribution in [3.05, 3.63) is 76.0 Å². The van der Waals surface area contributed by atoms with Gasteiger partial charge in [-0.3, -0.25) is 24.0 Å². The van der Waals surface area contributed by atoms with Gasteiger partial charge in [-0.2, -0.15) is 0 Å². The van der Waals surface area contributed by atoms with E-state index < -0.39 is 5.91 Å². The summed E-state index contributed by atoms with van der Waals surface area (Å²) in [5.41, 5.74) is 2.84. The highest BCUT2D eigenvalue weighted by Crippen LogP contribution is 2.31. The maximum Gasteiger partial charge on any atom is 0.258 e. The predicted octanol–water partition coefficient (Wildman–Crippen LogP) is 3.49. The summed E-state index contributed by atoms with van der Waals surface area (Å²) in [4.78, 5) is 46.2. The second kappa shape index (κ2) is 10.1. The number of nitrogens with one attached hydrogen (secondary N) is 1. The van der Waals surface area contributed by atoms with E-state index in [9.17, 15) is 9.59 Å². The average Bonchev–Trinajstić information content (AvgIpc) is 3.19. The summed E-state index contributed by atoms with van der Waals surface area (Å²) >= 11 is 1.43. The van der Waals surface area contributed by atoms with Gasteiger partial charge in [-0.05, 0) is 50.7 Å². The smallest absolute Gasteiger partial charge is 0.258 e. The molecule has 1 aliphatic heterocycles. The van der Waals surface area contributed by atoms with Gasteiger partial charge in [0.05, 0.1) is 39.7 Å². The average molecular weight is 528 g/mol. The van der Waals surface area contributed by atoms with E-state index in [-0.39, 0.29) is 17.5 Å². The number of rotatable bonds is 5. The van der Waals surface area contributed by atoms with E-state index in [1.807, 2.05) is 47.7 Å². The van der Waals surface area contributed by atoms with Gasteiger partial charge in [0.2, 0.25) is 5.43 Å². The second-order valence-corrected chi connectivity index (χ2v) is 10.7. The Balaban J connectivity index is 1.46. The number of hydrogen-bond acceptors (Lipinski definition) is 8. The van der Waals surface area contributed by atoms with Crippen LogP contribution < -0.4 is 15.6 Å². The molecule has 0 spiro atoms. The third kappa shape index (κ3) is 4.39. The molecule has 9 nitrogen and oxygen atoms in total. The molecule has 6 rings (SSSR count). The number of hydrogen-bond donors (Lipinski definition) is 1. The Hall–Kier alpha value is -3.89. The van der Waals surface area contributed by atoms with Gasteiger partial charge in [0, 0.05) is 25.8 Å². The molecule has 1 saturated heterocycles. The molecule has 0 atom stereocenters. The number of fused-ring (bicyclic) bond motifs is 5. The summed E-state index contributed by atoms with van der Waals surface area (Å²) < 4.78 is 2.95. The Morgan fingerprint density at radius 3 is 2.66 bits per heavy atom. The molecule has 0 saturated carbocycles. The lowest BCUT2D eigenvalue weighted by atomic mass is 10.1. The zero-order valence-corrected chi connectivity index (χ0v) is 22.3. The Kier molecular flexibility index (Phi) is 6.50. The molecular formula is C28H29N7O2S. The Morgan fingerprint density at radius 2 is 1.84 bits per heavy atom. The first kappa shape index (κ1) is 24.4. The van der Waals surface area contributed by atoms with Crippen molar-refractivity contribution in [1.29, 1.82) is 0 Å². The Labute approximate surface area is 223 Å². The minimum absolute atomic E-state index is 0.128. The molecule has 10 heteroatoms. The fourth-order valence-electron chi connectivity index (χ4n) is 4.94. The maximum atomic E-state index is 13.8. The number of carbonyl (C=O) groups excluding carboxylic acids is 1. The molecule has 5 aromatic rings. The summed E-state index contributed by atoms with van der Waals surface area (Å²) in [6, 6.07) is 11.7. The summed E-state index contributed by atoms with van der Waals surface area (Å²) in [5.74, 6) is 0.421. The zero-order chi connectivity index (χ0) is 26.2. The van der Waals surface area contributed by atoms with E-state index in [1.54, 1.807) is 12.4 Å². The largest absolute Gasteiger partial charge is 0.355 e. The van der Waals surface area contributed by atoms with E-state index in [4.69, 9.17) is 4.98 Å². The minimum atomic E-state index is -0.429. The van der Waals surface area contributed by atoms with E-state index in [0.717, 1.165) is 60.7 Å². The van der Waals surface area contributed by atoms with Crippen LogP contribution in [-0.2, 0) is 13.0 Å². The molecule has 0 radical (unpaired) electrons. The molecule has 1 aromatic carbocycles. The van der Waals surface area contributed by atoms with Crippen LogP contribution >= 0.6 is 11.3 Å². The van der Waals surface area contributed by atoms with Crippen LogP contribution in [0.1, 0.15) is 35.1 Å². The number of pyridine rings is 2. The third-order valence-electron chi connectivity index (χ3n) is 7.10. The van der Waals surface area contributed by atoms with E-state index >= 15 is 0 Å². The van der Waals surface area contributed by atoms with Crippen LogP contribution in [0.3, 0.4) is 0 Å². The first-order chi connectivity index (χ1) is 18.5. The van der Waals surface area contributed by atoms with Gasteiger partial charge in [-0.25, -0.2) is 4.98 Å². The van der Waals surface area contributed by atoms with Crippen LogP contribution in [0.4, 0.5) is 5.82 Å². The lowest BCUT2D eigenvalue weighted by Gasteiger charge is -2.22. The molecule has 0 unspecified atom stereocenters. The SMILES string of the molecule is CCc1cnc(CNC(=O)c2c(=O)c3ccc(N4CCCN(C)CC4)nc3n3c2sc2ccccc23)cn1. The van der Waals surface area contributed by atoms with Crippen molar-refractivity contribution in [3.63, 3.8) is 0 Å². The van der Waals surface area contributed by atoms with Crippen LogP contribution in [0.2, 0.25) is 0 Å². The molecule has 5 heterocycles. The highest BCUT2D eigenvalue weighted by atomic mass is 32.1. The number of amides is 1. The Morgan fingerprint density at radius 1 is 1.03 bits per heavy atom. The molecule has 1 aliphatic rings. The van der Waals surface area contributed by atoms with Gasteiger partial charge in [0.1, 0.15) is 16.2 Å². The van der Waals surface area contributed by atoms with Crippen molar-refractivity contribution < 1.29 is 4.79 Å². The number of likely N-dealkylation sites (N-methyl/N-ethyl adjacent to an activating group) is 1. The fraction of sp³-hybridized carbons (Fsp3) is 0.321. The normalized spacial score (nSPS) is 14.8. The number of aryl methyl sites for hydroxylation is 1. The van der Waals surface area contributed by atoms with Crippen molar-refractivity contribution >= 4 is 49.1 Å². The first-order valence-electron chi connectivity index (χ1n) is 12.9. The van der Waals surface area contributed by atoms with Crippen molar-refractivity contribution in [2.75, 3.05) is 38.1 Å². The maximum absolute atomic E-state index is 13.8. The summed E-state index contributed by atoms with van der Waals surface area (Å²) in [6.45, 7) is 6.00. The summed E-state index contributed by atoms with van der Waals surface area (Å²) in [6.07, 6.45) is 5.22. The van der Waals surface area contributed by atoms with Crippen molar-refractivity contribution in [3.8, 4) is 0 Å². The predicted molar refractivity (Wildman–Crippen MR) is 151 cm³/mol. The molecular weight excluding hydrogens is 498 g/mol. The number of anilines is 1. The molecule has 0 bridgehead atoms. The highest BCUT2D eigenvalue weighted by molar-refractivity contribution is 7.24. The van der Waals surface area contributed by atoms with Crippen molar-refractivity contribution in [1.82, 2.24) is 29.6 Å². The van der Waals surface area contributed by atoms with Crippen LogP contribution in [0.15, 0.2) is 53.6 Å². The Bertz CT molecular complexity index is 1710. The number of nitrogens with zero attached hydrogens (tertiary/aromatic N) is 6. The van der Waals surface area contributed by atoms with Gasteiger partial charge in [0.15, 0.2) is 5.65 Å². The van der Waals surface area contributed by atoms with Gasteiger partial charge < -0.3 is 15.1 Å². The van der Waals surface area contributed by atoms with E-state index in [1.165, 1.54) is 11.3 Å². The second-order valence-electron chi connectivity index (χ2n) is 9.63. The molecule has 1 amide bonds. The quantitative estimate of drug-likeness (QED) is 0.374.